The summed E-state index contributed by atoms with van der Waals surface area (Å²) in [6.45, 7) is 6.27. The van der Waals surface area contributed by atoms with E-state index in [0.29, 0.717) is 13.1 Å². The van der Waals surface area contributed by atoms with Crippen molar-refractivity contribution in [1.29, 1.82) is 0 Å². The summed E-state index contributed by atoms with van der Waals surface area (Å²) in [5.74, 6) is -0.0728. The molecule has 0 unspecified atom stereocenters. The Balaban J connectivity index is 2.03. The third-order valence-corrected chi connectivity index (χ3v) is 4.29. The van der Waals surface area contributed by atoms with Crippen LogP contribution in [0.4, 0.5) is 4.79 Å². The monoisotopic (exact) mass is 299 g/mol. The highest BCUT2D eigenvalue weighted by Gasteiger charge is 2.37. The third kappa shape index (κ3) is 3.43. The average Bonchev–Trinajstić information content (AvgIpc) is 2.92. The van der Waals surface area contributed by atoms with Gasteiger partial charge in [-0.15, -0.1) is 11.3 Å². The van der Waals surface area contributed by atoms with E-state index in [1.165, 1.54) is 11.3 Å². The van der Waals surface area contributed by atoms with Crippen molar-refractivity contribution in [3.8, 4) is 5.06 Å². The van der Waals surface area contributed by atoms with E-state index in [-0.39, 0.29) is 12.0 Å². The average molecular weight is 299 g/mol. The minimum atomic E-state index is -0.564. The lowest BCUT2D eigenvalue weighted by atomic mass is 10.1. The first-order valence-corrected chi connectivity index (χ1v) is 7.41. The maximum Gasteiger partial charge on any atom is 0.410 e. The molecule has 0 radical (unpaired) electrons. The summed E-state index contributed by atoms with van der Waals surface area (Å²) in [6.07, 6.45) is -0.937. The lowest BCUT2D eigenvalue weighted by Crippen LogP contribution is -2.35. The highest BCUT2D eigenvalue weighted by molar-refractivity contribution is 7.13. The van der Waals surface area contributed by atoms with Crippen molar-refractivity contribution in [2.45, 2.75) is 38.4 Å². The fourth-order valence-corrected chi connectivity index (χ4v) is 3.16. The molecule has 1 aliphatic rings. The van der Waals surface area contributed by atoms with Gasteiger partial charge in [0.2, 0.25) is 0 Å². The van der Waals surface area contributed by atoms with Gasteiger partial charge in [-0.05, 0) is 32.9 Å². The Kier molecular flexibility index (Phi) is 4.25. The van der Waals surface area contributed by atoms with E-state index in [1.54, 1.807) is 12.0 Å². The molecule has 1 fully saturated rings. The topological polar surface area (TPSA) is 59.0 Å². The number of amides is 1. The maximum atomic E-state index is 12.0. The molecule has 0 bridgehead atoms. The summed E-state index contributed by atoms with van der Waals surface area (Å²) in [5.41, 5.74) is -0.522. The van der Waals surface area contributed by atoms with Crippen molar-refractivity contribution in [2.75, 3.05) is 20.2 Å². The van der Waals surface area contributed by atoms with E-state index in [9.17, 15) is 9.90 Å². The number of ether oxygens (including phenoxy) is 2. The maximum absolute atomic E-state index is 12.0. The van der Waals surface area contributed by atoms with Gasteiger partial charge in [-0.2, -0.15) is 0 Å². The zero-order valence-corrected chi connectivity index (χ0v) is 13.1. The third-order valence-electron chi connectivity index (χ3n) is 3.11. The van der Waals surface area contributed by atoms with Crippen LogP contribution >= 0.6 is 11.3 Å². The molecule has 2 heterocycles. The van der Waals surface area contributed by atoms with Gasteiger partial charge in [-0.3, -0.25) is 0 Å². The van der Waals surface area contributed by atoms with E-state index in [0.717, 1.165) is 9.94 Å². The Morgan fingerprint density at radius 2 is 2.10 bits per heavy atom. The zero-order chi connectivity index (χ0) is 14.9. The van der Waals surface area contributed by atoms with Crippen LogP contribution in [0.2, 0.25) is 0 Å². The van der Waals surface area contributed by atoms with Crippen LogP contribution in [0, 0.1) is 0 Å². The van der Waals surface area contributed by atoms with E-state index in [4.69, 9.17) is 9.47 Å². The number of nitrogens with zero attached hydrogens (tertiary/aromatic N) is 1. The molecule has 1 aromatic rings. The van der Waals surface area contributed by atoms with Crippen LogP contribution < -0.4 is 4.74 Å². The zero-order valence-electron chi connectivity index (χ0n) is 12.3. The highest BCUT2D eigenvalue weighted by Crippen LogP contribution is 2.35. The quantitative estimate of drug-likeness (QED) is 0.911. The Hall–Kier alpha value is -1.27. The molecule has 2 atom stereocenters. The van der Waals surface area contributed by atoms with E-state index in [1.807, 2.05) is 32.9 Å². The van der Waals surface area contributed by atoms with Crippen LogP contribution in [0.25, 0.3) is 0 Å². The molecular weight excluding hydrogens is 278 g/mol. The minimum Gasteiger partial charge on any atom is -0.487 e. The van der Waals surface area contributed by atoms with Crippen LogP contribution in [-0.4, -0.2) is 48.0 Å². The van der Waals surface area contributed by atoms with Crippen molar-refractivity contribution in [1.82, 2.24) is 4.90 Å². The standard InChI is InChI=1S/C14H21NO4S/c1-14(2,3)19-13(17)15-7-9(10(16)8-15)11-5-6-12(18-4)20-11/h5-6,9-10,16H,7-8H2,1-4H3/t9-,10-/m1/s1. The van der Waals surface area contributed by atoms with E-state index >= 15 is 0 Å². The number of carbonyl (C=O) groups is 1. The van der Waals surface area contributed by atoms with Gasteiger partial charge in [0.05, 0.1) is 19.8 Å². The molecule has 20 heavy (non-hydrogen) atoms. The van der Waals surface area contributed by atoms with Crippen molar-refractivity contribution < 1.29 is 19.4 Å². The number of hydrogen-bond acceptors (Lipinski definition) is 5. The van der Waals surface area contributed by atoms with Crippen LogP contribution in [0.1, 0.15) is 31.6 Å². The number of β-amino-alcohol motifs (C(OH)–C–C–N with tert-alkyl or cyclic N) is 1. The lowest BCUT2D eigenvalue weighted by molar-refractivity contribution is 0.0270. The molecule has 5 nitrogen and oxygen atoms in total. The number of aliphatic hydroxyl groups is 1. The smallest absolute Gasteiger partial charge is 0.410 e. The molecule has 112 valence electrons. The summed E-state index contributed by atoms with van der Waals surface area (Å²) in [4.78, 5) is 14.6. The first kappa shape index (κ1) is 15.1. The number of aliphatic hydroxyl groups excluding tert-OH is 1. The number of likely N-dealkylation sites (tertiary alicyclic amines) is 1. The van der Waals surface area contributed by atoms with Gasteiger partial charge in [0, 0.05) is 17.3 Å². The van der Waals surface area contributed by atoms with Crippen LogP contribution in [0.5, 0.6) is 5.06 Å². The van der Waals surface area contributed by atoms with Crippen LogP contribution in [0.15, 0.2) is 12.1 Å². The second kappa shape index (κ2) is 5.61. The molecule has 1 amide bonds. The van der Waals surface area contributed by atoms with E-state index in [2.05, 4.69) is 0 Å². The minimum absolute atomic E-state index is 0.0728. The number of methoxy groups -OCH3 is 1. The normalized spacial score (nSPS) is 22.9. The molecule has 2 rings (SSSR count). The van der Waals surface area contributed by atoms with Gasteiger partial charge in [-0.1, -0.05) is 0 Å². The summed E-state index contributed by atoms with van der Waals surface area (Å²) in [5, 5.41) is 11.0. The number of carbonyl (C=O) groups excluding carboxylic acids is 1. The molecule has 0 saturated carbocycles. The van der Waals surface area contributed by atoms with Crippen LogP contribution in [0.3, 0.4) is 0 Å². The van der Waals surface area contributed by atoms with Gasteiger partial charge in [-0.25, -0.2) is 4.79 Å². The predicted octanol–water partition coefficient (Wildman–Crippen LogP) is 2.45. The first-order chi connectivity index (χ1) is 9.30. The number of thiophene rings is 1. The van der Waals surface area contributed by atoms with Gasteiger partial charge in [0.1, 0.15) is 5.60 Å². The van der Waals surface area contributed by atoms with Gasteiger partial charge < -0.3 is 19.5 Å². The molecular formula is C14H21NO4S. The van der Waals surface area contributed by atoms with Crippen molar-refractivity contribution in [2.24, 2.45) is 0 Å². The van der Waals surface area contributed by atoms with Crippen molar-refractivity contribution in [3.63, 3.8) is 0 Å². The Morgan fingerprint density at radius 3 is 2.65 bits per heavy atom. The van der Waals surface area contributed by atoms with Crippen molar-refractivity contribution in [3.05, 3.63) is 17.0 Å². The van der Waals surface area contributed by atoms with Gasteiger partial charge in [0.25, 0.3) is 0 Å². The van der Waals surface area contributed by atoms with Gasteiger partial charge >= 0.3 is 6.09 Å². The molecule has 0 aromatic carbocycles. The first-order valence-electron chi connectivity index (χ1n) is 6.60. The molecule has 0 spiro atoms. The summed E-state index contributed by atoms with van der Waals surface area (Å²) < 4.78 is 10.5. The van der Waals surface area contributed by atoms with Crippen molar-refractivity contribution >= 4 is 17.4 Å². The molecule has 6 heteroatoms. The number of hydrogen-bond donors (Lipinski definition) is 1. The summed E-state index contributed by atoms with van der Waals surface area (Å²) in [6, 6.07) is 3.82. The summed E-state index contributed by atoms with van der Waals surface area (Å²) >= 11 is 1.50. The van der Waals surface area contributed by atoms with E-state index < -0.39 is 11.7 Å². The van der Waals surface area contributed by atoms with Crippen LogP contribution in [-0.2, 0) is 4.74 Å². The SMILES string of the molecule is COc1ccc([C@@H]2CN(C(=O)OC(C)(C)C)C[C@H]2O)s1. The fraction of sp³-hybridized carbons (Fsp3) is 0.643. The molecule has 0 aliphatic carbocycles. The largest absolute Gasteiger partial charge is 0.487 e. The Bertz CT molecular complexity index is 480. The lowest BCUT2D eigenvalue weighted by Gasteiger charge is -2.24. The molecule has 1 N–H and O–H groups in total. The second-order valence-corrected chi connectivity index (χ2v) is 7.00. The Morgan fingerprint density at radius 1 is 1.40 bits per heavy atom. The molecule has 1 aliphatic heterocycles. The molecule has 1 saturated heterocycles. The summed E-state index contributed by atoms with van der Waals surface area (Å²) in [7, 11) is 1.62. The number of rotatable bonds is 2. The second-order valence-electron chi connectivity index (χ2n) is 5.92. The fourth-order valence-electron chi connectivity index (χ4n) is 2.19. The molecule has 1 aromatic heterocycles. The highest BCUT2D eigenvalue weighted by atomic mass is 32.1. The van der Waals surface area contributed by atoms with Gasteiger partial charge in [0.15, 0.2) is 5.06 Å². The predicted molar refractivity (Wildman–Crippen MR) is 77.4 cm³/mol. The Labute approximate surface area is 123 Å².